The molecule has 0 radical (unpaired) electrons. The van der Waals surface area contributed by atoms with Crippen molar-refractivity contribution in [1.29, 1.82) is 0 Å². The van der Waals surface area contributed by atoms with Gasteiger partial charge in [0.1, 0.15) is 0 Å². The number of carbonyl (C=O) groups excluding carboxylic acids is 1. The molecule has 2 heterocycles. The van der Waals surface area contributed by atoms with Crippen LogP contribution in [0.2, 0.25) is 5.02 Å². The largest absolute Gasteiger partial charge is 0.376 e. The van der Waals surface area contributed by atoms with Crippen molar-refractivity contribution in [2.75, 3.05) is 12.4 Å². The number of benzene rings is 2. The van der Waals surface area contributed by atoms with Crippen LogP contribution < -0.4 is 0 Å². The van der Waals surface area contributed by atoms with Gasteiger partial charge in [-0.05, 0) is 63.4 Å². The third-order valence-electron chi connectivity index (χ3n) is 5.85. The van der Waals surface area contributed by atoms with Gasteiger partial charge in [-0.15, -0.1) is 10.2 Å². The van der Waals surface area contributed by atoms with E-state index in [0.29, 0.717) is 18.1 Å². The van der Waals surface area contributed by atoms with E-state index in [1.807, 2.05) is 47.4 Å². The molecule has 1 atom stereocenters. The van der Waals surface area contributed by atoms with Gasteiger partial charge >= 0.3 is 0 Å². The fourth-order valence-corrected chi connectivity index (χ4v) is 4.98. The SMILES string of the molecule is CC(C)(C)N(Cc1ccccc1)C(=O)CSc1nnc(-c2ccc(Cl)cc2)n1CC1CCCO1. The first-order chi connectivity index (χ1) is 16.3. The quantitative estimate of drug-likeness (QED) is 0.373. The smallest absolute Gasteiger partial charge is 0.233 e. The van der Waals surface area contributed by atoms with Gasteiger partial charge < -0.3 is 9.64 Å². The van der Waals surface area contributed by atoms with Crippen molar-refractivity contribution in [3.63, 3.8) is 0 Å². The normalized spacial score (nSPS) is 16.1. The summed E-state index contributed by atoms with van der Waals surface area (Å²) in [5.41, 5.74) is 1.75. The Morgan fingerprint density at radius 2 is 1.88 bits per heavy atom. The number of hydrogen-bond acceptors (Lipinski definition) is 5. The van der Waals surface area contributed by atoms with Crippen LogP contribution in [0, 0.1) is 0 Å². The molecule has 6 nitrogen and oxygen atoms in total. The van der Waals surface area contributed by atoms with Gasteiger partial charge in [-0.2, -0.15) is 0 Å². The summed E-state index contributed by atoms with van der Waals surface area (Å²) in [5, 5.41) is 10.3. The standard InChI is InChI=1S/C26H31ClN4O2S/c1-26(2,3)31(16-19-8-5-4-6-9-19)23(32)18-34-25-29-28-24(20-11-13-21(27)14-12-20)30(25)17-22-10-7-15-33-22/h4-6,8-9,11-14,22H,7,10,15-18H2,1-3H3. The zero-order valence-electron chi connectivity index (χ0n) is 19.9. The number of amides is 1. The Balaban J connectivity index is 1.53. The fraction of sp³-hybridized carbons (Fsp3) is 0.423. The van der Waals surface area contributed by atoms with E-state index >= 15 is 0 Å². The lowest BCUT2D eigenvalue weighted by atomic mass is 10.0. The number of ether oxygens (including phenoxy) is 1. The maximum Gasteiger partial charge on any atom is 0.233 e. The number of carbonyl (C=O) groups is 1. The van der Waals surface area contributed by atoms with Crippen molar-refractivity contribution >= 4 is 29.3 Å². The van der Waals surface area contributed by atoms with Crippen molar-refractivity contribution in [3.05, 3.63) is 65.2 Å². The van der Waals surface area contributed by atoms with Crippen LogP contribution >= 0.6 is 23.4 Å². The van der Waals surface area contributed by atoms with Gasteiger partial charge in [0.05, 0.1) is 18.4 Å². The molecule has 34 heavy (non-hydrogen) atoms. The van der Waals surface area contributed by atoms with E-state index < -0.39 is 0 Å². The van der Waals surface area contributed by atoms with Gasteiger partial charge in [0.25, 0.3) is 0 Å². The minimum atomic E-state index is -0.298. The molecule has 1 aromatic heterocycles. The lowest BCUT2D eigenvalue weighted by Crippen LogP contribution is -2.46. The maximum absolute atomic E-state index is 13.3. The Kier molecular flexibility index (Phi) is 7.96. The minimum absolute atomic E-state index is 0.0704. The van der Waals surface area contributed by atoms with E-state index in [2.05, 4.69) is 47.7 Å². The Hall–Kier alpha value is -2.35. The molecule has 1 aliphatic heterocycles. The van der Waals surface area contributed by atoms with Crippen LogP contribution in [0.4, 0.5) is 0 Å². The predicted molar refractivity (Wildman–Crippen MR) is 137 cm³/mol. The Morgan fingerprint density at radius 1 is 1.15 bits per heavy atom. The molecular weight excluding hydrogens is 468 g/mol. The predicted octanol–water partition coefficient (Wildman–Crippen LogP) is 5.70. The number of halogens is 1. The zero-order valence-corrected chi connectivity index (χ0v) is 21.5. The summed E-state index contributed by atoms with van der Waals surface area (Å²) < 4.78 is 7.96. The van der Waals surface area contributed by atoms with Crippen LogP contribution in [0.25, 0.3) is 11.4 Å². The van der Waals surface area contributed by atoms with Crippen LogP contribution in [0.1, 0.15) is 39.2 Å². The van der Waals surface area contributed by atoms with Crippen molar-refractivity contribution in [3.8, 4) is 11.4 Å². The summed E-state index contributed by atoms with van der Waals surface area (Å²) in [4.78, 5) is 15.3. The summed E-state index contributed by atoms with van der Waals surface area (Å²) in [6.45, 7) is 8.21. The summed E-state index contributed by atoms with van der Waals surface area (Å²) >= 11 is 7.51. The highest BCUT2D eigenvalue weighted by molar-refractivity contribution is 7.99. The van der Waals surface area contributed by atoms with Crippen molar-refractivity contribution in [2.24, 2.45) is 0 Å². The Bertz CT molecular complexity index is 1090. The molecule has 1 unspecified atom stereocenters. The van der Waals surface area contributed by atoms with Crippen LogP contribution in [-0.2, 0) is 22.6 Å². The second kappa shape index (κ2) is 10.9. The van der Waals surface area contributed by atoms with Crippen molar-refractivity contribution < 1.29 is 9.53 Å². The fourth-order valence-electron chi connectivity index (χ4n) is 4.03. The van der Waals surface area contributed by atoms with Gasteiger partial charge in [-0.25, -0.2) is 0 Å². The molecule has 180 valence electrons. The molecule has 1 amide bonds. The molecule has 0 spiro atoms. The van der Waals surface area contributed by atoms with Crippen LogP contribution in [0.3, 0.4) is 0 Å². The molecule has 4 rings (SSSR count). The highest BCUT2D eigenvalue weighted by Crippen LogP contribution is 2.28. The first-order valence-electron chi connectivity index (χ1n) is 11.6. The summed E-state index contributed by atoms with van der Waals surface area (Å²) in [6.07, 6.45) is 2.20. The summed E-state index contributed by atoms with van der Waals surface area (Å²) in [5.74, 6) is 1.12. The molecule has 0 saturated carbocycles. The third kappa shape index (κ3) is 6.20. The number of aromatic nitrogens is 3. The number of nitrogens with zero attached hydrogens (tertiary/aromatic N) is 4. The molecule has 0 bridgehead atoms. The molecule has 3 aromatic rings. The van der Waals surface area contributed by atoms with Crippen molar-refractivity contribution in [2.45, 2.75) is 63.5 Å². The number of thioether (sulfide) groups is 1. The lowest BCUT2D eigenvalue weighted by molar-refractivity contribution is -0.133. The number of rotatable bonds is 8. The van der Waals surface area contributed by atoms with E-state index in [1.165, 1.54) is 11.8 Å². The molecule has 2 aromatic carbocycles. The highest BCUT2D eigenvalue weighted by Gasteiger charge is 2.28. The average molecular weight is 499 g/mol. The third-order valence-corrected chi connectivity index (χ3v) is 7.05. The molecule has 1 saturated heterocycles. The van der Waals surface area contributed by atoms with Gasteiger partial charge in [-0.1, -0.05) is 53.7 Å². The molecule has 0 N–H and O–H groups in total. The lowest BCUT2D eigenvalue weighted by Gasteiger charge is -2.36. The molecule has 0 aliphatic carbocycles. The van der Waals surface area contributed by atoms with E-state index in [0.717, 1.165) is 41.6 Å². The second-order valence-electron chi connectivity index (χ2n) is 9.48. The van der Waals surface area contributed by atoms with Gasteiger partial charge in [-0.3, -0.25) is 9.36 Å². The highest BCUT2D eigenvalue weighted by atomic mass is 35.5. The van der Waals surface area contributed by atoms with Gasteiger partial charge in [0, 0.05) is 29.3 Å². The first-order valence-corrected chi connectivity index (χ1v) is 13.0. The number of hydrogen-bond donors (Lipinski definition) is 0. The molecule has 8 heteroatoms. The average Bonchev–Trinajstić information content (AvgIpc) is 3.47. The van der Waals surface area contributed by atoms with E-state index in [4.69, 9.17) is 16.3 Å². The minimum Gasteiger partial charge on any atom is -0.376 e. The molecule has 1 aliphatic rings. The Labute approximate surface area is 210 Å². The maximum atomic E-state index is 13.3. The Morgan fingerprint density at radius 3 is 2.53 bits per heavy atom. The van der Waals surface area contributed by atoms with E-state index in [1.54, 1.807) is 0 Å². The van der Waals surface area contributed by atoms with Crippen LogP contribution in [0.5, 0.6) is 0 Å². The van der Waals surface area contributed by atoms with Crippen LogP contribution in [-0.4, -0.2) is 49.6 Å². The monoisotopic (exact) mass is 498 g/mol. The van der Waals surface area contributed by atoms with Crippen LogP contribution in [0.15, 0.2) is 59.8 Å². The van der Waals surface area contributed by atoms with Crippen molar-refractivity contribution in [1.82, 2.24) is 19.7 Å². The topological polar surface area (TPSA) is 60.2 Å². The van der Waals surface area contributed by atoms with E-state index in [9.17, 15) is 4.79 Å². The summed E-state index contributed by atoms with van der Waals surface area (Å²) in [6, 6.07) is 17.7. The molecular formula is C26H31ClN4O2S. The second-order valence-corrected chi connectivity index (χ2v) is 10.9. The zero-order chi connectivity index (χ0) is 24.1. The first kappa shape index (κ1) is 24.8. The van der Waals surface area contributed by atoms with Gasteiger partial charge in [0.2, 0.25) is 5.91 Å². The molecule has 1 fully saturated rings. The van der Waals surface area contributed by atoms with E-state index in [-0.39, 0.29) is 23.3 Å². The summed E-state index contributed by atoms with van der Waals surface area (Å²) in [7, 11) is 0. The van der Waals surface area contributed by atoms with Gasteiger partial charge in [0.15, 0.2) is 11.0 Å².